The molecule has 30 heavy (non-hydrogen) atoms. The van der Waals surface area contributed by atoms with Crippen LogP contribution in [0.2, 0.25) is 0 Å². The van der Waals surface area contributed by atoms with Crippen LogP contribution in [0.15, 0.2) is 29.2 Å². The number of hydrogen-bond acceptors (Lipinski definition) is 6. The lowest BCUT2D eigenvalue weighted by molar-refractivity contribution is 0.205. The van der Waals surface area contributed by atoms with Crippen LogP contribution < -0.4 is 15.2 Å². The Morgan fingerprint density at radius 1 is 1.10 bits per heavy atom. The van der Waals surface area contributed by atoms with Crippen LogP contribution in [0.1, 0.15) is 25.7 Å². The average molecular weight is 457 g/mol. The highest BCUT2D eigenvalue weighted by atomic mass is 35.5. The van der Waals surface area contributed by atoms with E-state index in [2.05, 4.69) is 14.3 Å². The van der Waals surface area contributed by atoms with Crippen LogP contribution in [-0.4, -0.2) is 51.6 Å². The zero-order chi connectivity index (χ0) is 21.1. The summed E-state index contributed by atoms with van der Waals surface area (Å²) in [4.78, 5) is 15.4. The van der Waals surface area contributed by atoms with Crippen molar-refractivity contribution >= 4 is 29.2 Å². The Hall–Kier alpha value is -1.84. The summed E-state index contributed by atoms with van der Waals surface area (Å²) in [6, 6.07) is 2.93. The van der Waals surface area contributed by atoms with E-state index in [4.69, 9.17) is 16.3 Å². The SMILES string of the molecule is O=c1c(OC2CCCC2)c(N2CCN(SCCl)CC2)cnn1-c1cc(F)cc(F)c1. The van der Waals surface area contributed by atoms with Crippen molar-refractivity contribution in [3.63, 3.8) is 0 Å². The summed E-state index contributed by atoms with van der Waals surface area (Å²) in [5.41, 5.74) is 0.140. The zero-order valence-electron chi connectivity index (χ0n) is 16.4. The molecule has 0 radical (unpaired) electrons. The number of alkyl halides is 1. The van der Waals surface area contributed by atoms with Gasteiger partial charge in [-0.3, -0.25) is 4.79 Å². The number of aromatic nitrogens is 2. The minimum atomic E-state index is -0.769. The Kier molecular flexibility index (Phi) is 6.80. The first kappa shape index (κ1) is 21.4. The van der Waals surface area contributed by atoms with Gasteiger partial charge in [0.15, 0.2) is 0 Å². The molecule has 0 spiro atoms. The third-order valence-electron chi connectivity index (χ3n) is 5.40. The minimum absolute atomic E-state index is 0.0312. The maximum absolute atomic E-state index is 13.7. The number of rotatable bonds is 6. The number of nitrogens with zero attached hydrogens (tertiary/aromatic N) is 4. The van der Waals surface area contributed by atoms with Gasteiger partial charge < -0.3 is 9.64 Å². The molecule has 1 aromatic carbocycles. The van der Waals surface area contributed by atoms with E-state index in [1.54, 1.807) is 18.1 Å². The maximum atomic E-state index is 13.7. The molecule has 0 N–H and O–H groups in total. The second kappa shape index (κ2) is 9.53. The van der Waals surface area contributed by atoms with Crippen molar-refractivity contribution in [2.75, 3.05) is 36.3 Å². The molecule has 1 aliphatic carbocycles. The highest BCUT2D eigenvalue weighted by Gasteiger charge is 2.26. The molecule has 1 aromatic heterocycles. The monoisotopic (exact) mass is 456 g/mol. The van der Waals surface area contributed by atoms with Gasteiger partial charge in [0.05, 0.1) is 23.2 Å². The minimum Gasteiger partial charge on any atom is -0.483 e. The molecule has 162 valence electrons. The standard InChI is InChI=1S/C20H23ClF2N4O2S/c21-13-30-26-7-5-25(6-8-26)18-12-24-27(16-10-14(22)9-15(23)11-16)20(28)19(18)29-17-3-1-2-4-17/h9-12,17H,1-8,13H2. The molecule has 2 heterocycles. The van der Waals surface area contributed by atoms with Crippen LogP contribution in [0.3, 0.4) is 0 Å². The van der Waals surface area contributed by atoms with Crippen molar-refractivity contribution in [1.82, 2.24) is 14.1 Å². The summed E-state index contributed by atoms with van der Waals surface area (Å²) < 4.78 is 36.7. The quantitative estimate of drug-likeness (QED) is 0.487. The van der Waals surface area contributed by atoms with E-state index in [0.717, 1.165) is 61.7 Å². The number of piperazine rings is 1. The lowest BCUT2D eigenvalue weighted by Gasteiger charge is -2.35. The van der Waals surface area contributed by atoms with E-state index in [-0.39, 0.29) is 17.5 Å². The molecule has 1 saturated carbocycles. The van der Waals surface area contributed by atoms with Gasteiger partial charge in [-0.05, 0) is 37.8 Å². The second-order valence-corrected chi connectivity index (χ2v) is 9.03. The molecule has 2 aromatic rings. The molecule has 1 aliphatic heterocycles. The van der Waals surface area contributed by atoms with Crippen molar-refractivity contribution in [3.8, 4) is 11.4 Å². The molecule has 4 rings (SSSR count). The molecule has 0 atom stereocenters. The van der Waals surface area contributed by atoms with Gasteiger partial charge in [0.25, 0.3) is 0 Å². The topological polar surface area (TPSA) is 50.6 Å². The molecule has 6 nitrogen and oxygen atoms in total. The summed E-state index contributed by atoms with van der Waals surface area (Å²) in [6.07, 6.45) is 5.40. The largest absolute Gasteiger partial charge is 0.483 e. The number of ether oxygens (including phenoxy) is 1. The number of hydrogen-bond donors (Lipinski definition) is 0. The molecule has 0 amide bonds. The smallest absolute Gasteiger partial charge is 0.316 e. The summed E-state index contributed by atoms with van der Waals surface area (Å²) in [5.74, 6) is -1.34. The van der Waals surface area contributed by atoms with Crippen LogP contribution in [0, 0.1) is 11.6 Å². The molecule has 0 unspecified atom stereocenters. The molecular weight excluding hydrogens is 434 g/mol. The molecule has 1 saturated heterocycles. The van der Waals surface area contributed by atoms with Gasteiger partial charge in [0, 0.05) is 32.2 Å². The first-order chi connectivity index (χ1) is 14.5. The highest BCUT2D eigenvalue weighted by Crippen LogP contribution is 2.30. The Morgan fingerprint density at radius 3 is 2.40 bits per heavy atom. The van der Waals surface area contributed by atoms with Gasteiger partial charge in [-0.25, -0.2) is 13.1 Å². The fourth-order valence-corrected chi connectivity index (χ4v) is 4.88. The predicted molar refractivity (Wildman–Crippen MR) is 115 cm³/mol. The van der Waals surface area contributed by atoms with Gasteiger partial charge in [0.2, 0.25) is 5.75 Å². The number of anilines is 1. The summed E-state index contributed by atoms with van der Waals surface area (Å²) in [6.45, 7) is 2.98. The molecule has 2 aliphatic rings. The molecule has 2 fully saturated rings. The van der Waals surface area contributed by atoms with Gasteiger partial charge in [-0.15, -0.1) is 11.6 Å². The Morgan fingerprint density at radius 2 is 1.77 bits per heavy atom. The van der Waals surface area contributed by atoms with E-state index in [9.17, 15) is 13.6 Å². The van der Waals surface area contributed by atoms with Crippen molar-refractivity contribution in [2.24, 2.45) is 0 Å². The normalized spacial score (nSPS) is 18.2. The van der Waals surface area contributed by atoms with E-state index < -0.39 is 17.2 Å². The highest BCUT2D eigenvalue weighted by molar-refractivity contribution is 7.98. The second-order valence-electron chi connectivity index (χ2n) is 7.38. The lowest BCUT2D eigenvalue weighted by atomic mass is 10.2. The van der Waals surface area contributed by atoms with E-state index in [1.807, 2.05) is 0 Å². The third-order valence-corrected chi connectivity index (χ3v) is 6.52. The summed E-state index contributed by atoms with van der Waals surface area (Å²) in [5, 5.41) is 4.70. The van der Waals surface area contributed by atoms with Gasteiger partial charge in [0.1, 0.15) is 17.3 Å². The van der Waals surface area contributed by atoms with E-state index >= 15 is 0 Å². The van der Waals surface area contributed by atoms with Crippen LogP contribution in [-0.2, 0) is 0 Å². The third kappa shape index (κ3) is 4.73. The van der Waals surface area contributed by atoms with Crippen LogP contribution in [0.25, 0.3) is 5.69 Å². The van der Waals surface area contributed by atoms with Crippen molar-refractivity contribution in [1.29, 1.82) is 0 Å². The number of benzene rings is 1. The Bertz CT molecular complexity index is 927. The molecule has 10 heteroatoms. The molecule has 0 bridgehead atoms. The molecular formula is C20H23ClF2N4O2S. The first-order valence-corrected chi connectivity index (χ1v) is 11.5. The van der Waals surface area contributed by atoms with E-state index in [1.165, 1.54) is 0 Å². The summed E-state index contributed by atoms with van der Waals surface area (Å²) >= 11 is 7.38. The zero-order valence-corrected chi connectivity index (χ0v) is 18.0. The van der Waals surface area contributed by atoms with Crippen molar-refractivity contribution in [2.45, 2.75) is 31.8 Å². The maximum Gasteiger partial charge on any atom is 0.316 e. The van der Waals surface area contributed by atoms with E-state index in [0.29, 0.717) is 24.0 Å². The predicted octanol–water partition coefficient (Wildman–Crippen LogP) is 3.80. The fourth-order valence-electron chi connectivity index (χ4n) is 3.91. The van der Waals surface area contributed by atoms with Crippen molar-refractivity contribution in [3.05, 3.63) is 46.4 Å². The van der Waals surface area contributed by atoms with Gasteiger partial charge >= 0.3 is 5.56 Å². The number of halogens is 3. The van der Waals surface area contributed by atoms with Gasteiger partial charge in [-0.2, -0.15) is 9.78 Å². The summed E-state index contributed by atoms with van der Waals surface area (Å²) in [7, 11) is 0. The van der Waals surface area contributed by atoms with Gasteiger partial charge in [-0.1, -0.05) is 11.9 Å². The van der Waals surface area contributed by atoms with Crippen LogP contribution >= 0.6 is 23.5 Å². The van der Waals surface area contributed by atoms with Crippen LogP contribution in [0.5, 0.6) is 5.75 Å². The average Bonchev–Trinajstić information content (AvgIpc) is 3.23. The fraction of sp³-hybridized carbons (Fsp3) is 0.500. The first-order valence-electron chi connectivity index (χ1n) is 9.99. The van der Waals surface area contributed by atoms with Crippen molar-refractivity contribution < 1.29 is 13.5 Å². The Labute approximate surface area is 182 Å². The Balaban J connectivity index is 1.69. The lowest BCUT2D eigenvalue weighted by Crippen LogP contribution is -2.44. The van der Waals surface area contributed by atoms with Crippen LogP contribution in [0.4, 0.5) is 14.5 Å².